The molecular weight excluding hydrogens is 162 g/mol. The fourth-order valence-electron chi connectivity index (χ4n) is 2.41. The predicted molar refractivity (Wildman–Crippen MR) is 55.3 cm³/mol. The summed E-state index contributed by atoms with van der Waals surface area (Å²) in [5.74, 6) is 1.43. The van der Waals surface area contributed by atoms with E-state index in [0.717, 1.165) is 0 Å². The fraction of sp³-hybridized carbons (Fsp3) is 1.00. The van der Waals surface area contributed by atoms with Crippen molar-refractivity contribution in [2.45, 2.75) is 45.6 Å². The maximum absolute atomic E-state index is 10.0. The monoisotopic (exact) mass is 185 g/mol. The van der Waals surface area contributed by atoms with Gasteiger partial charge in [0, 0.05) is 0 Å². The number of aliphatic hydroxyl groups is 1. The number of rotatable bonds is 3. The van der Waals surface area contributed by atoms with E-state index in [1.807, 2.05) is 6.92 Å². The molecule has 4 unspecified atom stereocenters. The Morgan fingerprint density at radius 1 is 1.38 bits per heavy atom. The van der Waals surface area contributed by atoms with Gasteiger partial charge in [0.25, 0.3) is 0 Å². The third kappa shape index (κ3) is 2.68. The second-order valence-electron chi connectivity index (χ2n) is 4.63. The summed E-state index contributed by atoms with van der Waals surface area (Å²) >= 11 is 0. The standard InChI is InChI=1S/C11H23NO/c1-8-5-3-4-6-10(8)11(13)9(2)7-12/h8-11,13H,3-7,12H2,1-2H3. The average molecular weight is 185 g/mol. The third-order valence-electron chi connectivity index (χ3n) is 3.57. The number of hydrogen-bond donors (Lipinski definition) is 2. The van der Waals surface area contributed by atoms with Crippen molar-refractivity contribution in [3.8, 4) is 0 Å². The Morgan fingerprint density at radius 2 is 2.00 bits per heavy atom. The van der Waals surface area contributed by atoms with E-state index in [4.69, 9.17) is 5.73 Å². The van der Waals surface area contributed by atoms with E-state index < -0.39 is 0 Å². The zero-order valence-electron chi connectivity index (χ0n) is 8.87. The summed E-state index contributed by atoms with van der Waals surface area (Å²) in [6, 6.07) is 0. The summed E-state index contributed by atoms with van der Waals surface area (Å²) in [6.07, 6.45) is 4.90. The molecule has 0 aromatic heterocycles. The van der Waals surface area contributed by atoms with Crippen LogP contribution in [0.3, 0.4) is 0 Å². The minimum Gasteiger partial charge on any atom is -0.393 e. The molecule has 0 amide bonds. The van der Waals surface area contributed by atoms with Crippen LogP contribution in [0.2, 0.25) is 0 Å². The predicted octanol–water partition coefficient (Wildman–Crippen LogP) is 1.77. The molecule has 0 aromatic carbocycles. The Morgan fingerprint density at radius 3 is 2.54 bits per heavy atom. The van der Waals surface area contributed by atoms with Gasteiger partial charge in [-0.2, -0.15) is 0 Å². The van der Waals surface area contributed by atoms with Gasteiger partial charge in [-0.3, -0.25) is 0 Å². The van der Waals surface area contributed by atoms with Crippen LogP contribution in [0.4, 0.5) is 0 Å². The van der Waals surface area contributed by atoms with E-state index in [1.54, 1.807) is 0 Å². The van der Waals surface area contributed by atoms with Crippen LogP contribution in [0.25, 0.3) is 0 Å². The van der Waals surface area contributed by atoms with E-state index in [2.05, 4.69) is 6.92 Å². The van der Waals surface area contributed by atoms with Gasteiger partial charge in [-0.15, -0.1) is 0 Å². The molecule has 3 N–H and O–H groups in total. The van der Waals surface area contributed by atoms with Gasteiger partial charge in [-0.1, -0.05) is 33.1 Å². The Hall–Kier alpha value is -0.0800. The van der Waals surface area contributed by atoms with Crippen LogP contribution < -0.4 is 5.73 Å². The Kier molecular flexibility index (Phi) is 4.20. The van der Waals surface area contributed by atoms with Crippen molar-refractivity contribution in [3.63, 3.8) is 0 Å². The molecule has 0 saturated heterocycles. The highest BCUT2D eigenvalue weighted by Crippen LogP contribution is 2.33. The molecule has 0 aromatic rings. The zero-order chi connectivity index (χ0) is 9.84. The summed E-state index contributed by atoms with van der Waals surface area (Å²) in [6.45, 7) is 4.91. The molecule has 0 spiro atoms. The van der Waals surface area contributed by atoms with Crippen LogP contribution in [-0.4, -0.2) is 17.8 Å². The minimum atomic E-state index is -0.180. The molecule has 78 valence electrons. The van der Waals surface area contributed by atoms with E-state index in [-0.39, 0.29) is 12.0 Å². The molecular formula is C11H23NO. The minimum absolute atomic E-state index is 0.180. The second kappa shape index (κ2) is 4.97. The SMILES string of the molecule is CC(CN)C(O)C1CCCCC1C. The van der Waals surface area contributed by atoms with Gasteiger partial charge < -0.3 is 10.8 Å². The van der Waals surface area contributed by atoms with Crippen molar-refractivity contribution in [3.05, 3.63) is 0 Å². The van der Waals surface area contributed by atoms with Gasteiger partial charge >= 0.3 is 0 Å². The van der Waals surface area contributed by atoms with Crippen LogP contribution >= 0.6 is 0 Å². The maximum atomic E-state index is 10.0. The summed E-state index contributed by atoms with van der Waals surface area (Å²) < 4.78 is 0. The highest BCUT2D eigenvalue weighted by molar-refractivity contribution is 4.81. The average Bonchev–Trinajstić information content (AvgIpc) is 2.16. The highest BCUT2D eigenvalue weighted by Gasteiger charge is 2.30. The zero-order valence-corrected chi connectivity index (χ0v) is 8.87. The molecule has 4 atom stereocenters. The molecule has 0 bridgehead atoms. The molecule has 2 heteroatoms. The lowest BCUT2D eigenvalue weighted by atomic mass is 9.74. The lowest BCUT2D eigenvalue weighted by Crippen LogP contribution is -2.36. The molecule has 1 fully saturated rings. The first kappa shape index (κ1) is 11.0. The summed E-state index contributed by atoms with van der Waals surface area (Å²) in [7, 11) is 0. The largest absolute Gasteiger partial charge is 0.393 e. The summed E-state index contributed by atoms with van der Waals surface area (Å²) in [5, 5.41) is 10.0. The molecule has 0 radical (unpaired) electrons. The van der Waals surface area contributed by atoms with Gasteiger partial charge in [0.1, 0.15) is 0 Å². The number of aliphatic hydroxyl groups excluding tert-OH is 1. The summed E-state index contributed by atoms with van der Waals surface area (Å²) in [4.78, 5) is 0. The van der Waals surface area contributed by atoms with Crippen LogP contribution in [0.1, 0.15) is 39.5 Å². The fourth-order valence-corrected chi connectivity index (χ4v) is 2.41. The van der Waals surface area contributed by atoms with Crippen LogP contribution in [-0.2, 0) is 0 Å². The Labute approximate surface area is 81.5 Å². The van der Waals surface area contributed by atoms with Crippen molar-refractivity contribution in [1.29, 1.82) is 0 Å². The molecule has 0 aliphatic heterocycles. The Bertz CT molecular complexity index is 149. The van der Waals surface area contributed by atoms with Gasteiger partial charge in [-0.05, 0) is 30.7 Å². The molecule has 2 nitrogen and oxygen atoms in total. The van der Waals surface area contributed by atoms with Crippen molar-refractivity contribution in [2.75, 3.05) is 6.54 Å². The third-order valence-corrected chi connectivity index (χ3v) is 3.57. The smallest absolute Gasteiger partial charge is 0.0608 e. The lowest BCUT2D eigenvalue weighted by Gasteiger charge is -2.35. The van der Waals surface area contributed by atoms with Crippen molar-refractivity contribution in [2.24, 2.45) is 23.5 Å². The van der Waals surface area contributed by atoms with Crippen LogP contribution in [0.15, 0.2) is 0 Å². The first-order valence-electron chi connectivity index (χ1n) is 5.55. The second-order valence-corrected chi connectivity index (χ2v) is 4.63. The first-order chi connectivity index (χ1) is 6.16. The van der Waals surface area contributed by atoms with Crippen molar-refractivity contribution in [1.82, 2.24) is 0 Å². The van der Waals surface area contributed by atoms with E-state index in [9.17, 15) is 5.11 Å². The van der Waals surface area contributed by atoms with Crippen LogP contribution in [0.5, 0.6) is 0 Å². The Balaban J connectivity index is 2.47. The maximum Gasteiger partial charge on any atom is 0.0608 e. The van der Waals surface area contributed by atoms with Crippen molar-refractivity contribution >= 4 is 0 Å². The van der Waals surface area contributed by atoms with Gasteiger partial charge in [0.15, 0.2) is 0 Å². The molecule has 1 rings (SSSR count). The van der Waals surface area contributed by atoms with Crippen LogP contribution in [0, 0.1) is 17.8 Å². The first-order valence-corrected chi connectivity index (χ1v) is 5.55. The lowest BCUT2D eigenvalue weighted by molar-refractivity contribution is 0.0174. The van der Waals surface area contributed by atoms with Gasteiger partial charge in [0.05, 0.1) is 6.10 Å². The van der Waals surface area contributed by atoms with E-state index >= 15 is 0 Å². The molecule has 1 aliphatic rings. The highest BCUT2D eigenvalue weighted by atomic mass is 16.3. The normalized spacial score (nSPS) is 34.2. The molecule has 1 aliphatic carbocycles. The molecule has 0 heterocycles. The van der Waals surface area contributed by atoms with E-state index in [0.29, 0.717) is 18.4 Å². The number of nitrogens with two attached hydrogens (primary N) is 1. The molecule has 1 saturated carbocycles. The topological polar surface area (TPSA) is 46.2 Å². The van der Waals surface area contributed by atoms with Gasteiger partial charge in [-0.25, -0.2) is 0 Å². The van der Waals surface area contributed by atoms with E-state index in [1.165, 1.54) is 25.7 Å². The van der Waals surface area contributed by atoms with Crippen molar-refractivity contribution < 1.29 is 5.11 Å². The quantitative estimate of drug-likeness (QED) is 0.704. The molecule has 13 heavy (non-hydrogen) atoms. The number of hydrogen-bond acceptors (Lipinski definition) is 2. The summed E-state index contributed by atoms with van der Waals surface area (Å²) in [5.41, 5.74) is 5.57. The van der Waals surface area contributed by atoms with Gasteiger partial charge in [0.2, 0.25) is 0 Å².